The quantitative estimate of drug-likeness (QED) is 0.719. The van der Waals surface area contributed by atoms with Crippen molar-refractivity contribution in [3.05, 3.63) is 33.0 Å². The number of nitrogens with one attached hydrogen (secondary N) is 1. The van der Waals surface area contributed by atoms with Gasteiger partial charge in [0, 0.05) is 25.1 Å². The number of fused-ring (bicyclic) bond motifs is 1. The lowest BCUT2D eigenvalue weighted by atomic mass is 10.1. The van der Waals surface area contributed by atoms with Crippen LogP contribution in [0.5, 0.6) is 0 Å². The average molecular weight is 421 g/mol. The molecule has 3 heterocycles. The SMILES string of the molecule is CCc1nn(CCOC(=O)Cc2csc(C)n2)c2c1C(=O)NCCCOCCC2. The molecule has 0 saturated heterocycles. The standard InChI is InChI=1S/C20H28N4O4S/c1-3-16-19-17(6-4-9-27-10-5-7-21-20(19)26)24(23-16)8-11-28-18(25)12-15-13-29-14(2)22-15/h13H,3-12H2,1-2H3,(H,21,26). The number of aryl methyl sites for hydroxylation is 2. The Morgan fingerprint density at radius 1 is 1.38 bits per heavy atom. The number of hydrogen-bond acceptors (Lipinski definition) is 7. The minimum absolute atomic E-state index is 0.0825. The molecule has 0 fully saturated rings. The number of aromatic nitrogens is 3. The van der Waals surface area contributed by atoms with Crippen LogP contribution in [0, 0.1) is 6.92 Å². The Kier molecular flexibility index (Phi) is 7.76. The van der Waals surface area contributed by atoms with Crippen LogP contribution < -0.4 is 5.32 Å². The van der Waals surface area contributed by atoms with Crippen LogP contribution in [0.3, 0.4) is 0 Å². The van der Waals surface area contributed by atoms with Gasteiger partial charge in [-0.1, -0.05) is 6.92 Å². The summed E-state index contributed by atoms with van der Waals surface area (Å²) in [5.74, 6) is -0.391. The Hall–Kier alpha value is -2.26. The average Bonchev–Trinajstić information content (AvgIpc) is 3.25. The van der Waals surface area contributed by atoms with E-state index < -0.39 is 0 Å². The Balaban J connectivity index is 1.66. The first-order valence-corrected chi connectivity index (χ1v) is 11.0. The molecule has 0 aromatic carbocycles. The third-order valence-corrected chi connectivity index (χ3v) is 5.53. The number of nitrogens with zero attached hydrogens (tertiary/aromatic N) is 3. The summed E-state index contributed by atoms with van der Waals surface area (Å²) >= 11 is 1.52. The Labute approximate surface area is 174 Å². The predicted octanol–water partition coefficient (Wildman–Crippen LogP) is 2.08. The van der Waals surface area contributed by atoms with E-state index in [4.69, 9.17) is 9.47 Å². The zero-order chi connectivity index (χ0) is 20.6. The maximum atomic E-state index is 12.7. The molecule has 8 nitrogen and oxygen atoms in total. The Morgan fingerprint density at radius 2 is 2.21 bits per heavy atom. The molecule has 1 aliphatic heterocycles. The monoisotopic (exact) mass is 420 g/mol. The summed E-state index contributed by atoms with van der Waals surface area (Å²) in [7, 11) is 0. The fourth-order valence-corrected chi connectivity index (χ4v) is 3.96. The smallest absolute Gasteiger partial charge is 0.311 e. The van der Waals surface area contributed by atoms with Crippen LogP contribution >= 0.6 is 11.3 Å². The highest BCUT2D eigenvalue weighted by molar-refractivity contribution is 7.09. The first-order valence-electron chi connectivity index (χ1n) is 10.1. The third kappa shape index (κ3) is 5.86. The first kappa shape index (κ1) is 21.4. The summed E-state index contributed by atoms with van der Waals surface area (Å²) in [6, 6.07) is 0. The number of carbonyl (C=O) groups excluding carboxylic acids is 2. The fourth-order valence-electron chi connectivity index (χ4n) is 3.34. The van der Waals surface area contributed by atoms with E-state index in [2.05, 4.69) is 15.4 Å². The van der Waals surface area contributed by atoms with E-state index in [0.29, 0.717) is 44.7 Å². The van der Waals surface area contributed by atoms with Crippen molar-refractivity contribution in [1.82, 2.24) is 20.1 Å². The number of hydrogen-bond donors (Lipinski definition) is 1. The van der Waals surface area contributed by atoms with E-state index in [1.54, 1.807) is 0 Å². The summed E-state index contributed by atoms with van der Waals surface area (Å²) < 4.78 is 12.8. The molecule has 0 radical (unpaired) electrons. The molecule has 29 heavy (non-hydrogen) atoms. The van der Waals surface area contributed by atoms with Gasteiger partial charge in [-0.15, -0.1) is 11.3 Å². The number of ether oxygens (including phenoxy) is 2. The molecular formula is C20H28N4O4S. The van der Waals surface area contributed by atoms with Crippen molar-refractivity contribution in [2.75, 3.05) is 26.4 Å². The maximum absolute atomic E-state index is 12.7. The van der Waals surface area contributed by atoms with Crippen LogP contribution in [0.25, 0.3) is 0 Å². The van der Waals surface area contributed by atoms with Crippen molar-refractivity contribution in [3.63, 3.8) is 0 Å². The zero-order valence-electron chi connectivity index (χ0n) is 17.0. The van der Waals surface area contributed by atoms with Crippen LogP contribution in [0.15, 0.2) is 5.38 Å². The van der Waals surface area contributed by atoms with Gasteiger partial charge in [0.25, 0.3) is 5.91 Å². The first-order chi connectivity index (χ1) is 14.1. The Bertz CT molecular complexity index is 846. The summed E-state index contributed by atoms with van der Waals surface area (Å²) in [5.41, 5.74) is 3.06. The van der Waals surface area contributed by atoms with Crippen LogP contribution in [-0.4, -0.2) is 53.0 Å². The number of amides is 1. The minimum Gasteiger partial charge on any atom is -0.463 e. The van der Waals surface area contributed by atoms with E-state index in [1.807, 2.05) is 23.9 Å². The van der Waals surface area contributed by atoms with Crippen LogP contribution in [0.4, 0.5) is 0 Å². The second-order valence-electron chi connectivity index (χ2n) is 6.93. The lowest BCUT2D eigenvalue weighted by molar-refractivity contribution is -0.143. The molecule has 2 aromatic heterocycles. The van der Waals surface area contributed by atoms with Crippen molar-refractivity contribution in [2.24, 2.45) is 0 Å². The second-order valence-corrected chi connectivity index (χ2v) is 7.99. The van der Waals surface area contributed by atoms with Gasteiger partial charge in [0.1, 0.15) is 6.61 Å². The molecule has 0 aliphatic carbocycles. The van der Waals surface area contributed by atoms with E-state index in [9.17, 15) is 9.59 Å². The molecule has 0 saturated carbocycles. The number of esters is 1. The summed E-state index contributed by atoms with van der Waals surface area (Å²) in [4.78, 5) is 29.1. The van der Waals surface area contributed by atoms with Gasteiger partial charge in [-0.2, -0.15) is 5.10 Å². The summed E-state index contributed by atoms with van der Waals surface area (Å²) in [6.07, 6.45) is 3.15. The molecule has 9 heteroatoms. The lowest BCUT2D eigenvalue weighted by Crippen LogP contribution is -2.26. The minimum atomic E-state index is -0.308. The highest BCUT2D eigenvalue weighted by Gasteiger charge is 2.23. The molecule has 1 amide bonds. The number of thiazole rings is 1. The fraction of sp³-hybridized carbons (Fsp3) is 0.600. The predicted molar refractivity (Wildman–Crippen MR) is 109 cm³/mol. The number of carbonyl (C=O) groups is 2. The van der Waals surface area contributed by atoms with E-state index in [1.165, 1.54) is 11.3 Å². The maximum Gasteiger partial charge on any atom is 0.311 e. The van der Waals surface area contributed by atoms with Gasteiger partial charge in [0.2, 0.25) is 0 Å². The van der Waals surface area contributed by atoms with Crippen molar-refractivity contribution >= 4 is 23.2 Å². The van der Waals surface area contributed by atoms with Crippen LogP contribution in [0.2, 0.25) is 0 Å². The molecule has 3 rings (SSSR count). The van der Waals surface area contributed by atoms with Crippen molar-refractivity contribution < 1.29 is 19.1 Å². The number of rotatable bonds is 6. The topological polar surface area (TPSA) is 95.3 Å². The third-order valence-electron chi connectivity index (χ3n) is 4.70. The second kappa shape index (κ2) is 10.5. The zero-order valence-corrected chi connectivity index (χ0v) is 17.8. The van der Waals surface area contributed by atoms with Gasteiger partial charge in [0.05, 0.1) is 40.6 Å². The molecule has 0 unspecified atom stereocenters. The van der Waals surface area contributed by atoms with E-state index >= 15 is 0 Å². The molecule has 0 atom stereocenters. The molecule has 0 bridgehead atoms. The van der Waals surface area contributed by atoms with Gasteiger partial charge in [-0.25, -0.2) is 4.98 Å². The van der Waals surface area contributed by atoms with Crippen molar-refractivity contribution in [2.45, 2.75) is 52.5 Å². The van der Waals surface area contributed by atoms with Crippen molar-refractivity contribution in [1.29, 1.82) is 0 Å². The molecule has 0 spiro atoms. The van der Waals surface area contributed by atoms with Crippen LogP contribution in [0.1, 0.15) is 52.2 Å². The van der Waals surface area contributed by atoms with Crippen molar-refractivity contribution in [3.8, 4) is 0 Å². The van der Waals surface area contributed by atoms with Crippen LogP contribution in [-0.2, 0) is 40.1 Å². The molecule has 1 N–H and O–H groups in total. The highest BCUT2D eigenvalue weighted by Crippen LogP contribution is 2.18. The lowest BCUT2D eigenvalue weighted by Gasteiger charge is -2.10. The summed E-state index contributed by atoms with van der Waals surface area (Å²) in [5, 5.41) is 10.4. The summed E-state index contributed by atoms with van der Waals surface area (Å²) in [6.45, 7) is 6.41. The highest BCUT2D eigenvalue weighted by atomic mass is 32.1. The van der Waals surface area contributed by atoms with Gasteiger partial charge in [0.15, 0.2) is 0 Å². The normalized spacial score (nSPS) is 15.3. The largest absolute Gasteiger partial charge is 0.463 e. The Morgan fingerprint density at radius 3 is 2.97 bits per heavy atom. The van der Waals surface area contributed by atoms with Gasteiger partial charge in [-0.05, 0) is 32.6 Å². The molecular weight excluding hydrogens is 392 g/mol. The molecule has 2 aromatic rings. The molecule has 1 aliphatic rings. The van der Waals surface area contributed by atoms with E-state index in [0.717, 1.165) is 34.9 Å². The van der Waals surface area contributed by atoms with Gasteiger partial charge >= 0.3 is 5.97 Å². The van der Waals surface area contributed by atoms with Gasteiger partial charge in [-0.3, -0.25) is 14.3 Å². The van der Waals surface area contributed by atoms with Gasteiger partial charge < -0.3 is 14.8 Å². The van der Waals surface area contributed by atoms with E-state index in [-0.39, 0.29) is 24.9 Å². The molecule has 158 valence electrons.